The van der Waals surface area contributed by atoms with Crippen LogP contribution in [0.25, 0.3) is 0 Å². The second-order valence-electron chi connectivity index (χ2n) is 4.78. The summed E-state index contributed by atoms with van der Waals surface area (Å²) in [6.45, 7) is 6.09. The minimum Gasteiger partial charge on any atom is -0.350 e. The molecular formula is C11H18N2O. The zero-order valence-corrected chi connectivity index (χ0v) is 9.18. The molecule has 3 heteroatoms. The molecule has 0 atom stereocenters. The number of nitrogens with one attached hydrogen (secondary N) is 1. The van der Waals surface area contributed by atoms with E-state index in [0.717, 1.165) is 25.7 Å². The first-order valence-electron chi connectivity index (χ1n) is 5.20. The number of nitrogens with zero attached hydrogens (tertiary/aromatic N) is 1. The van der Waals surface area contributed by atoms with Crippen molar-refractivity contribution in [1.29, 1.82) is 5.26 Å². The van der Waals surface area contributed by atoms with E-state index in [1.54, 1.807) is 0 Å². The number of rotatable bonds is 4. The van der Waals surface area contributed by atoms with Crippen LogP contribution in [0.15, 0.2) is 0 Å². The molecule has 3 nitrogen and oxygen atoms in total. The summed E-state index contributed by atoms with van der Waals surface area (Å²) in [6, 6.07) is 2.10. The molecule has 0 aliphatic heterocycles. The van der Waals surface area contributed by atoms with Gasteiger partial charge in [0.15, 0.2) is 0 Å². The summed E-state index contributed by atoms with van der Waals surface area (Å²) in [5.41, 5.74) is -0.872. The zero-order chi connectivity index (χ0) is 10.8. The molecule has 1 aliphatic rings. The maximum absolute atomic E-state index is 11.7. The van der Waals surface area contributed by atoms with Gasteiger partial charge in [0.2, 0.25) is 5.91 Å². The lowest BCUT2D eigenvalue weighted by Gasteiger charge is -2.26. The number of carbonyl (C=O) groups is 1. The number of hydrogen-bond donors (Lipinski definition) is 1. The molecule has 0 saturated heterocycles. The first-order chi connectivity index (χ1) is 6.46. The Morgan fingerprint density at radius 2 is 2.14 bits per heavy atom. The molecule has 1 N–H and O–H groups in total. The fraction of sp³-hybridized carbons (Fsp3) is 0.818. The molecule has 0 aromatic carbocycles. The highest BCUT2D eigenvalue weighted by Crippen LogP contribution is 2.45. The van der Waals surface area contributed by atoms with E-state index < -0.39 is 5.41 Å². The van der Waals surface area contributed by atoms with Gasteiger partial charge in [0.05, 0.1) is 6.07 Å². The minimum atomic E-state index is -0.689. The molecule has 0 aromatic rings. The molecular weight excluding hydrogens is 176 g/mol. The van der Waals surface area contributed by atoms with E-state index in [0.29, 0.717) is 0 Å². The van der Waals surface area contributed by atoms with Gasteiger partial charge in [-0.25, -0.2) is 0 Å². The second kappa shape index (κ2) is 3.61. The van der Waals surface area contributed by atoms with Crippen molar-refractivity contribution in [3.05, 3.63) is 0 Å². The second-order valence-corrected chi connectivity index (χ2v) is 4.78. The van der Waals surface area contributed by atoms with Crippen LogP contribution in [0.3, 0.4) is 0 Å². The highest BCUT2D eigenvalue weighted by molar-refractivity contribution is 5.88. The summed E-state index contributed by atoms with van der Waals surface area (Å²) in [4.78, 5) is 11.7. The summed E-state index contributed by atoms with van der Waals surface area (Å²) < 4.78 is 0. The summed E-state index contributed by atoms with van der Waals surface area (Å²) in [6.07, 6.45) is 3.42. The Morgan fingerprint density at radius 1 is 1.57 bits per heavy atom. The lowest BCUT2D eigenvalue weighted by Crippen LogP contribution is -2.46. The topological polar surface area (TPSA) is 52.9 Å². The molecule has 78 valence electrons. The highest BCUT2D eigenvalue weighted by atomic mass is 16.2. The zero-order valence-electron chi connectivity index (χ0n) is 9.18. The number of carbonyl (C=O) groups excluding carboxylic acids is 1. The Balaban J connectivity index is 2.53. The third-order valence-electron chi connectivity index (χ3n) is 2.73. The summed E-state index contributed by atoms with van der Waals surface area (Å²) in [5.74, 6) is -0.0848. The molecule has 0 heterocycles. The van der Waals surface area contributed by atoms with Crippen molar-refractivity contribution >= 4 is 5.91 Å². The fourth-order valence-corrected chi connectivity index (χ4v) is 1.63. The van der Waals surface area contributed by atoms with Gasteiger partial charge in [0.1, 0.15) is 5.41 Å². The monoisotopic (exact) mass is 194 g/mol. The molecule has 1 aliphatic carbocycles. The summed E-state index contributed by atoms with van der Waals surface area (Å²) in [5, 5.41) is 11.8. The molecule has 1 amide bonds. The van der Waals surface area contributed by atoms with Crippen LogP contribution in [-0.2, 0) is 4.79 Å². The van der Waals surface area contributed by atoms with Crippen molar-refractivity contribution in [1.82, 2.24) is 5.32 Å². The Hall–Kier alpha value is -1.04. The average molecular weight is 194 g/mol. The van der Waals surface area contributed by atoms with Gasteiger partial charge in [-0.05, 0) is 33.1 Å². The van der Waals surface area contributed by atoms with Gasteiger partial charge < -0.3 is 5.32 Å². The normalized spacial score (nSPS) is 18.4. The van der Waals surface area contributed by atoms with Crippen LogP contribution in [0.2, 0.25) is 0 Å². The Morgan fingerprint density at radius 3 is 2.50 bits per heavy atom. The van der Waals surface area contributed by atoms with Crippen molar-refractivity contribution in [3.8, 4) is 6.07 Å². The van der Waals surface area contributed by atoms with E-state index in [1.807, 2.05) is 13.8 Å². The van der Waals surface area contributed by atoms with Crippen LogP contribution < -0.4 is 5.32 Å². The van der Waals surface area contributed by atoms with E-state index in [2.05, 4.69) is 18.3 Å². The van der Waals surface area contributed by atoms with Gasteiger partial charge in [0, 0.05) is 5.54 Å². The Labute approximate surface area is 85.5 Å². The first kappa shape index (κ1) is 11.0. The van der Waals surface area contributed by atoms with E-state index >= 15 is 0 Å². The molecule has 1 saturated carbocycles. The van der Waals surface area contributed by atoms with E-state index in [1.165, 1.54) is 0 Å². The number of nitriles is 1. The minimum absolute atomic E-state index is 0.0848. The highest BCUT2D eigenvalue weighted by Gasteiger charge is 2.51. The molecule has 0 radical (unpaired) electrons. The molecule has 0 unspecified atom stereocenters. The van der Waals surface area contributed by atoms with Gasteiger partial charge in [-0.2, -0.15) is 5.26 Å². The van der Waals surface area contributed by atoms with Crippen LogP contribution in [0.5, 0.6) is 0 Å². The van der Waals surface area contributed by atoms with E-state index in [4.69, 9.17) is 5.26 Å². The third-order valence-corrected chi connectivity index (χ3v) is 2.73. The van der Waals surface area contributed by atoms with Gasteiger partial charge in [-0.3, -0.25) is 4.79 Å². The summed E-state index contributed by atoms with van der Waals surface area (Å²) in [7, 11) is 0. The standard InChI is InChI=1S/C11H18N2O/c1-4-5-10(2,3)13-9(14)11(8-12)6-7-11/h4-7H2,1-3H3,(H,13,14). The van der Waals surface area contributed by atoms with Crippen LogP contribution in [0.4, 0.5) is 0 Å². The first-order valence-corrected chi connectivity index (χ1v) is 5.20. The average Bonchev–Trinajstić information content (AvgIpc) is 2.82. The van der Waals surface area contributed by atoms with Crippen LogP contribution in [-0.4, -0.2) is 11.4 Å². The molecule has 14 heavy (non-hydrogen) atoms. The summed E-state index contributed by atoms with van der Waals surface area (Å²) >= 11 is 0. The van der Waals surface area contributed by atoms with Crippen LogP contribution >= 0.6 is 0 Å². The van der Waals surface area contributed by atoms with Crippen molar-refractivity contribution in [3.63, 3.8) is 0 Å². The largest absolute Gasteiger partial charge is 0.350 e. The Bertz CT molecular complexity index is 272. The van der Waals surface area contributed by atoms with Crippen LogP contribution in [0.1, 0.15) is 46.5 Å². The Kier molecular flexibility index (Phi) is 2.84. The van der Waals surface area contributed by atoms with Crippen molar-refractivity contribution < 1.29 is 4.79 Å². The third kappa shape index (κ3) is 2.25. The predicted molar refractivity (Wildman–Crippen MR) is 54.4 cm³/mol. The molecule has 0 aromatic heterocycles. The van der Waals surface area contributed by atoms with Crippen molar-refractivity contribution in [2.45, 2.75) is 52.0 Å². The molecule has 1 rings (SSSR count). The predicted octanol–water partition coefficient (Wildman–Crippen LogP) is 1.99. The number of amides is 1. The molecule has 0 bridgehead atoms. The van der Waals surface area contributed by atoms with E-state index in [-0.39, 0.29) is 11.4 Å². The van der Waals surface area contributed by atoms with Gasteiger partial charge >= 0.3 is 0 Å². The molecule has 1 fully saturated rings. The molecule has 0 spiro atoms. The quantitative estimate of drug-likeness (QED) is 0.744. The maximum Gasteiger partial charge on any atom is 0.240 e. The van der Waals surface area contributed by atoms with Gasteiger partial charge in [0.25, 0.3) is 0 Å². The van der Waals surface area contributed by atoms with Crippen molar-refractivity contribution in [2.24, 2.45) is 5.41 Å². The maximum atomic E-state index is 11.7. The smallest absolute Gasteiger partial charge is 0.240 e. The van der Waals surface area contributed by atoms with E-state index in [9.17, 15) is 4.79 Å². The lowest BCUT2D eigenvalue weighted by atomic mass is 9.97. The van der Waals surface area contributed by atoms with Gasteiger partial charge in [-0.15, -0.1) is 0 Å². The fourth-order valence-electron chi connectivity index (χ4n) is 1.63. The lowest BCUT2D eigenvalue weighted by molar-refractivity contribution is -0.126. The van der Waals surface area contributed by atoms with Crippen molar-refractivity contribution in [2.75, 3.05) is 0 Å². The van der Waals surface area contributed by atoms with Gasteiger partial charge in [-0.1, -0.05) is 13.3 Å². The SMILES string of the molecule is CCCC(C)(C)NC(=O)C1(C#N)CC1. The number of hydrogen-bond acceptors (Lipinski definition) is 2. The van der Waals surface area contributed by atoms with Crippen LogP contribution in [0, 0.1) is 16.7 Å².